The van der Waals surface area contributed by atoms with Gasteiger partial charge in [-0.05, 0) is 51.3 Å². The van der Waals surface area contributed by atoms with Gasteiger partial charge in [0, 0.05) is 22.7 Å². The third kappa shape index (κ3) is 3.07. The predicted octanol–water partition coefficient (Wildman–Crippen LogP) is 2.31. The molecule has 1 fully saturated rings. The molecule has 1 heterocycles. The van der Waals surface area contributed by atoms with Crippen LogP contribution in [0, 0.1) is 6.92 Å². The van der Waals surface area contributed by atoms with Crippen LogP contribution in [0.3, 0.4) is 0 Å². The summed E-state index contributed by atoms with van der Waals surface area (Å²) in [5.41, 5.74) is 0.372. The van der Waals surface area contributed by atoms with Gasteiger partial charge in [0.25, 0.3) is 5.91 Å². The first kappa shape index (κ1) is 16.3. The van der Waals surface area contributed by atoms with Crippen molar-refractivity contribution >= 4 is 27.5 Å². The molecule has 0 radical (unpaired) electrons. The molecular formula is C14H19ClN2O3S. The summed E-state index contributed by atoms with van der Waals surface area (Å²) in [5, 5.41) is 5.41. The number of halogens is 1. The van der Waals surface area contributed by atoms with E-state index in [9.17, 15) is 13.2 Å². The van der Waals surface area contributed by atoms with Crippen molar-refractivity contribution in [3.8, 4) is 0 Å². The van der Waals surface area contributed by atoms with Crippen LogP contribution in [0.5, 0.6) is 0 Å². The molecule has 21 heavy (non-hydrogen) atoms. The van der Waals surface area contributed by atoms with Gasteiger partial charge in [0.15, 0.2) is 0 Å². The number of nitrogens with zero attached hydrogens (tertiary/aromatic N) is 1. The number of hydrogen-bond donors (Lipinski definition) is 1. The smallest absolute Gasteiger partial charge is 0.254 e. The Kier molecular flexibility index (Phi) is 4.08. The molecule has 1 aromatic rings. The van der Waals surface area contributed by atoms with Gasteiger partial charge in [-0.25, -0.2) is 13.6 Å². The summed E-state index contributed by atoms with van der Waals surface area (Å²) >= 11 is 6.06. The monoisotopic (exact) mass is 330 g/mol. The molecule has 0 aliphatic carbocycles. The maximum atomic E-state index is 12.6. The fourth-order valence-corrected chi connectivity index (χ4v) is 3.82. The van der Waals surface area contributed by atoms with Crippen molar-refractivity contribution in [1.82, 2.24) is 4.90 Å². The first-order chi connectivity index (χ1) is 9.54. The average molecular weight is 331 g/mol. The second-order valence-corrected chi connectivity index (χ2v) is 7.94. The molecule has 1 aromatic carbocycles. The molecule has 0 spiro atoms. The highest BCUT2D eigenvalue weighted by Gasteiger charge is 2.36. The molecule has 0 atom stereocenters. The standard InChI is InChI=1S/C14H19ClN2O3S/c1-9-11(15)7-10(8-12(9)21(16,19)20)13(18)17-6-4-5-14(17,2)3/h7-8H,4-6H2,1-3H3,(H2,16,19,20). The van der Waals surface area contributed by atoms with E-state index in [-0.39, 0.29) is 26.9 Å². The zero-order valence-electron chi connectivity index (χ0n) is 12.3. The first-order valence-electron chi connectivity index (χ1n) is 6.69. The Labute approximate surface area is 130 Å². The van der Waals surface area contributed by atoms with Crippen LogP contribution in [0.1, 0.15) is 42.6 Å². The highest BCUT2D eigenvalue weighted by molar-refractivity contribution is 7.89. The van der Waals surface area contributed by atoms with E-state index in [2.05, 4.69) is 0 Å². The molecule has 0 bridgehead atoms. The van der Waals surface area contributed by atoms with Crippen LogP contribution in [-0.2, 0) is 10.0 Å². The number of nitrogens with two attached hydrogens (primary N) is 1. The molecule has 2 rings (SSSR count). The summed E-state index contributed by atoms with van der Waals surface area (Å²) < 4.78 is 23.2. The van der Waals surface area contributed by atoms with E-state index in [0.717, 1.165) is 12.8 Å². The number of sulfonamides is 1. The van der Waals surface area contributed by atoms with E-state index in [1.54, 1.807) is 11.8 Å². The molecule has 1 aliphatic rings. The van der Waals surface area contributed by atoms with Crippen LogP contribution in [0.2, 0.25) is 5.02 Å². The van der Waals surface area contributed by atoms with Crippen LogP contribution in [0.15, 0.2) is 17.0 Å². The minimum Gasteiger partial charge on any atom is -0.334 e. The third-order valence-corrected chi connectivity index (χ3v) is 5.43. The molecule has 0 saturated carbocycles. The number of likely N-dealkylation sites (tertiary alicyclic amines) is 1. The van der Waals surface area contributed by atoms with E-state index in [1.807, 2.05) is 13.8 Å². The maximum absolute atomic E-state index is 12.6. The van der Waals surface area contributed by atoms with Gasteiger partial charge in [-0.1, -0.05) is 11.6 Å². The molecular weight excluding hydrogens is 312 g/mol. The van der Waals surface area contributed by atoms with Gasteiger partial charge in [0.1, 0.15) is 0 Å². The molecule has 0 unspecified atom stereocenters. The lowest BCUT2D eigenvalue weighted by molar-refractivity contribution is 0.0651. The van der Waals surface area contributed by atoms with Gasteiger partial charge in [0.05, 0.1) is 4.90 Å². The summed E-state index contributed by atoms with van der Waals surface area (Å²) in [6.07, 6.45) is 1.85. The van der Waals surface area contributed by atoms with Gasteiger partial charge in [-0.3, -0.25) is 4.79 Å². The van der Waals surface area contributed by atoms with Gasteiger partial charge in [-0.2, -0.15) is 0 Å². The van der Waals surface area contributed by atoms with E-state index in [4.69, 9.17) is 16.7 Å². The van der Waals surface area contributed by atoms with Crippen LogP contribution < -0.4 is 5.14 Å². The van der Waals surface area contributed by atoms with Crippen LogP contribution in [0.25, 0.3) is 0 Å². The fourth-order valence-electron chi connectivity index (χ4n) is 2.71. The van der Waals surface area contributed by atoms with Crippen LogP contribution in [-0.4, -0.2) is 31.3 Å². The van der Waals surface area contributed by atoms with E-state index in [0.29, 0.717) is 12.1 Å². The van der Waals surface area contributed by atoms with Crippen molar-refractivity contribution < 1.29 is 13.2 Å². The minimum atomic E-state index is -3.92. The maximum Gasteiger partial charge on any atom is 0.254 e. The lowest BCUT2D eigenvalue weighted by atomic mass is 10.0. The average Bonchev–Trinajstić information content (AvgIpc) is 2.69. The Morgan fingerprint density at radius 1 is 1.38 bits per heavy atom. The lowest BCUT2D eigenvalue weighted by Crippen LogP contribution is -2.42. The Bertz CT molecular complexity index is 698. The second kappa shape index (κ2) is 5.26. The number of hydrogen-bond acceptors (Lipinski definition) is 3. The summed E-state index contributed by atoms with van der Waals surface area (Å²) in [7, 11) is -3.92. The van der Waals surface area contributed by atoms with Gasteiger partial charge >= 0.3 is 0 Å². The van der Waals surface area contributed by atoms with Crippen LogP contribution >= 0.6 is 11.6 Å². The molecule has 1 amide bonds. The number of amides is 1. The van der Waals surface area contributed by atoms with Crippen LogP contribution in [0.4, 0.5) is 0 Å². The quantitative estimate of drug-likeness (QED) is 0.903. The molecule has 0 aromatic heterocycles. The lowest BCUT2D eigenvalue weighted by Gasteiger charge is -2.32. The SMILES string of the molecule is Cc1c(Cl)cc(C(=O)N2CCCC2(C)C)cc1S(N)(=O)=O. The summed E-state index contributed by atoms with van der Waals surface area (Å²) in [6, 6.07) is 2.82. The van der Waals surface area contributed by atoms with Crippen molar-refractivity contribution in [2.24, 2.45) is 5.14 Å². The van der Waals surface area contributed by atoms with Gasteiger partial charge < -0.3 is 4.90 Å². The van der Waals surface area contributed by atoms with Gasteiger partial charge in [0.2, 0.25) is 10.0 Å². The Morgan fingerprint density at radius 2 is 2.00 bits per heavy atom. The normalized spacial score (nSPS) is 18.0. The zero-order valence-corrected chi connectivity index (χ0v) is 13.9. The Balaban J connectivity index is 2.51. The number of carbonyl (C=O) groups excluding carboxylic acids is 1. The highest BCUT2D eigenvalue weighted by Crippen LogP contribution is 2.31. The summed E-state index contributed by atoms with van der Waals surface area (Å²) in [5.74, 6) is -0.218. The Morgan fingerprint density at radius 3 is 2.48 bits per heavy atom. The van der Waals surface area contributed by atoms with Crippen molar-refractivity contribution in [3.05, 3.63) is 28.3 Å². The van der Waals surface area contributed by atoms with Gasteiger partial charge in [-0.15, -0.1) is 0 Å². The van der Waals surface area contributed by atoms with Crippen molar-refractivity contribution in [2.75, 3.05) is 6.54 Å². The largest absolute Gasteiger partial charge is 0.334 e. The molecule has 5 nitrogen and oxygen atoms in total. The highest BCUT2D eigenvalue weighted by atomic mass is 35.5. The minimum absolute atomic E-state index is 0.102. The predicted molar refractivity (Wildman–Crippen MR) is 81.9 cm³/mol. The van der Waals surface area contributed by atoms with E-state index in [1.165, 1.54) is 12.1 Å². The van der Waals surface area contributed by atoms with Crippen molar-refractivity contribution in [3.63, 3.8) is 0 Å². The number of benzene rings is 1. The second-order valence-electron chi connectivity index (χ2n) is 6.00. The van der Waals surface area contributed by atoms with Crippen molar-refractivity contribution in [1.29, 1.82) is 0 Å². The molecule has 116 valence electrons. The number of rotatable bonds is 2. The summed E-state index contributed by atoms with van der Waals surface area (Å²) in [4.78, 5) is 14.3. The molecule has 1 saturated heterocycles. The third-order valence-electron chi connectivity index (χ3n) is 4.00. The molecule has 7 heteroatoms. The topological polar surface area (TPSA) is 80.5 Å². The summed E-state index contributed by atoms with van der Waals surface area (Å²) in [6.45, 7) is 6.21. The van der Waals surface area contributed by atoms with Crippen molar-refractivity contribution in [2.45, 2.75) is 44.0 Å². The Hall–Kier alpha value is -1.11. The number of carbonyl (C=O) groups is 1. The fraction of sp³-hybridized carbons (Fsp3) is 0.500. The molecule has 2 N–H and O–H groups in total. The number of primary sulfonamides is 1. The first-order valence-corrected chi connectivity index (χ1v) is 8.61. The molecule has 1 aliphatic heterocycles. The van der Waals surface area contributed by atoms with E-state index < -0.39 is 10.0 Å². The zero-order chi connectivity index (χ0) is 16.0. The van der Waals surface area contributed by atoms with E-state index >= 15 is 0 Å².